The van der Waals surface area contributed by atoms with E-state index in [2.05, 4.69) is 34.6 Å². The van der Waals surface area contributed by atoms with Gasteiger partial charge in [-0.2, -0.15) is 0 Å². The van der Waals surface area contributed by atoms with E-state index in [-0.39, 0.29) is 44.7 Å². The average molecular weight is 487 g/mol. The van der Waals surface area contributed by atoms with Gasteiger partial charge in [-0.05, 0) is 104 Å². The summed E-state index contributed by atoms with van der Waals surface area (Å²) in [5.41, 5.74) is -0.236. The standard InChI is InChI=1S/C30H46O5/c1-18-29-8-7-19-26(4,20(29)15-22(31)30(18,34)35-17-29)12-14-28(6)21-16-25(3,23(32)33)10-9-24(21,2)11-13-27(19,28)5/h18-21,34H,7-17H2,1-6H3,(H,32,33)/t18-,19?,20?,21?,24+,25+,26+,27+,28-,29-,30+/m0/s1. The quantitative estimate of drug-likeness (QED) is 0.487. The molecule has 2 bridgehead atoms. The van der Waals surface area contributed by atoms with Crippen molar-refractivity contribution in [1.82, 2.24) is 0 Å². The molecule has 35 heavy (non-hydrogen) atoms. The molecule has 5 heteroatoms. The molecule has 6 fully saturated rings. The Morgan fingerprint density at radius 2 is 1.51 bits per heavy atom. The molecule has 3 unspecified atom stereocenters. The Labute approximate surface area is 210 Å². The van der Waals surface area contributed by atoms with Crippen molar-refractivity contribution in [2.75, 3.05) is 6.61 Å². The van der Waals surface area contributed by atoms with Crippen LogP contribution in [0.1, 0.15) is 106 Å². The fourth-order valence-corrected chi connectivity index (χ4v) is 11.7. The van der Waals surface area contributed by atoms with Gasteiger partial charge in [0.25, 0.3) is 0 Å². The maximum absolute atomic E-state index is 13.2. The van der Waals surface area contributed by atoms with Crippen molar-refractivity contribution in [3.8, 4) is 0 Å². The highest BCUT2D eigenvalue weighted by Gasteiger charge is 2.75. The maximum atomic E-state index is 13.2. The lowest BCUT2D eigenvalue weighted by Gasteiger charge is -2.74. The van der Waals surface area contributed by atoms with E-state index in [4.69, 9.17) is 4.74 Å². The number of ketones is 1. The Balaban J connectivity index is 1.41. The van der Waals surface area contributed by atoms with E-state index >= 15 is 0 Å². The molecule has 1 heterocycles. The zero-order valence-corrected chi connectivity index (χ0v) is 22.7. The molecular formula is C30H46O5. The number of carboxylic acids is 1. The van der Waals surface area contributed by atoms with Gasteiger partial charge >= 0.3 is 5.97 Å². The molecule has 5 nitrogen and oxygen atoms in total. The van der Waals surface area contributed by atoms with Gasteiger partial charge in [-0.25, -0.2) is 0 Å². The summed E-state index contributed by atoms with van der Waals surface area (Å²) in [4.78, 5) is 25.5. The molecule has 6 aliphatic rings. The molecule has 5 aliphatic carbocycles. The molecule has 2 N–H and O–H groups in total. The number of aliphatic hydroxyl groups is 1. The SMILES string of the molecule is C[C@H]1[C@@]23CCC4[C@@](C)(CC[C@@]5(C)C6C[C@](C)(C(=O)O)CC[C@]6(C)CC[C@]45C)C2CC(=O)[C@]1(O)OC3. The zero-order chi connectivity index (χ0) is 25.4. The third kappa shape index (κ3) is 2.59. The molecule has 1 spiro atoms. The summed E-state index contributed by atoms with van der Waals surface area (Å²) in [7, 11) is 0. The second kappa shape index (κ2) is 6.73. The zero-order valence-electron chi connectivity index (χ0n) is 22.7. The lowest BCUT2D eigenvalue weighted by Crippen LogP contribution is -2.69. The Hall–Kier alpha value is -0.940. The second-order valence-electron chi connectivity index (χ2n) is 15.3. The van der Waals surface area contributed by atoms with Crippen molar-refractivity contribution < 1.29 is 24.5 Å². The van der Waals surface area contributed by atoms with Crippen LogP contribution in [0.4, 0.5) is 0 Å². The molecular weight excluding hydrogens is 440 g/mol. The fraction of sp³-hybridized carbons (Fsp3) is 0.933. The molecule has 0 radical (unpaired) electrons. The van der Waals surface area contributed by atoms with Crippen LogP contribution < -0.4 is 0 Å². The predicted octanol–water partition coefficient (Wildman–Crippen LogP) is 5.83. The van der Waals surface area contributed by atoms with Gasteiger partial charge in [0.1, 0.15) is 0 Å². The van der Waals surface area contributed by atoms with Crippen molar-refractivity contribution in [3.05, 3.63) is 0 Å². The highest BCUT2D eigenvalue weighted by atomic mass is 16.6. The molecule has 1 aliphatic heterocycles. The van der Waals surface area contributed by atoms with E-state index in [1.54, 1.807) is 0 Å². The first-order chi connectivity index (χ1) is 16.1. The predicted molar refractivity (Wildman–Crippen MR) is 132 cm³/mol. The summed E-state index contributed by atoms with van der Waals surface area (Å²) in [6.07, 6.45) is 9.75. The number of aliphatic carboxylic acids is 1. The summed E-state index contributed by atoms with van der Waals surface area (Å²) in [6.45, 7) is 14.5. The van der Waals surface area contributed by atoms with Gasteiger partial charge in [0.05, 0.1) is 12.0 Å². The fourth-order valence-electron chi connectivity index (χ4n) is 11.7. The van der Waals surface area contributed by atoms with Gasteiger partial charge in [-0.1, -0.05) is 34.6 Å². The van der Waals surface area contributed by atoms with E-state index in [1.165, 1.54) is 12.8 Å². The van der Waals surface area contributed by atoms with Gasteiger partial charge in [-0.3, -0.25) is 9.59 Å². The van der Waals surface area contributed by atoms with Gasteiger partial charge in [0.15, 0.2) is 5.78 Å². The van der Waals surface area contributed by atoms with Gasteiger partial charge in [-0.15, -0.1) is 0 Å². The highest BCUT2D eigenvalue weighted by molar-refractivity contribution is 5.88. The third-order valence-electron chi connectivity index (χ3n) is 14.5. The van der Waals surface area contributed by atoms with Gasteiger partial charge < -0.3 is 14.9 Å². The first-order valence-corrected chi connectivity index (χ1v) is 14.2. The molecule has 1 saturated heterocycles. The van der Waals surface area contributed by atoms with Crippen LogP contribution in [0.3, 0.4) is 0 Å². The minimum atomic E-state index is -1.58. The van der Waals surface area contributed by atoms with Crippen LogP contribution in [0, 0.1) is 56.2 Å². The Kier molecular flexibility index (Phi) is 4.69. The molecule has 0 aromatic heterocycles. The smallest absolute Gasteiger partial charge is 0.309 e. The Morgan fingerprint density at radius 3 is 2.20 bits per heavy atom. The first-order valence-electron chi connectivity index (χ1n) is 14.2. The van der Waals surface area contributed by atoms with Gasteiger partial charge in [0.2, 0.25) is 5.79 Å². The normalized spacial score (nSPS) is 61.3. The second-order valence-corrected chi connectivity index (χ2v) is 15.3. The Bertz CT molecular complexity index is 993. The number of carboxylic acid groups (broad SMARTS) is 1. The molecule has 11 atom stereocenters. The van der Waals surface area contributed by atoms with Crippen molar-refractivity contribution in [3.63, 3.8) is 0 Å². The van der Waals surface area contributed by atoms with E-state index in [1.807, 2.05) is 6.92 Å². The number of carbonyl (C=O) groups is 2. The highest BCUT2D eigenvalue weighted by Crippen LogP contribution is 2.79. The van der Waals surface area contributed by atoms with E-state index in [0.29, 0.717) is 24.9 Å². The van der Waals surface area contributed by atoms with Crippen LogP contribution in [0.2, 0.25) is 0 Å². The summed E-state index contributed by atoms with van der Waals surface area (Å²) in [6, 6.07) is 0. The minimum absolute atomic E-state index is 0.0456. The summed E-state index contributed by atoms with van der Waals surface area (Å²) in [5, 5.41) is 21.2. The molecule has 5 saturated carbocycles. The van der Waals surface area contributed by atoms with Crippen molar-refractivity contribution in [1.29, 1.82) is 0 Å². The summed E-state index contributed by atoms with van der Waals surface area (Å²) >= 11 is 0. The van der Waals surface area contributed by atoms with E-state index in [0.717, 1.165) is 44.9 Å². The van der Waals surface area contributed by atoms with Crippen LogP contribution in [0.15, 0.2) is 0 Å². The lowest BCUT2D eigenvalue weighted by molar-refractivity contribution is -0.261. The molecule has 6 rings (SSSR count). The molecule has 0 aromatic rings. The first kappa shape index (κ1) is 24.4. The Morgan fingerprint density at radius 1 is 0.886 bits per heavy atom. The summed E-state index contributed by atoms with van der Waals surface area (Å²) < 4.78 is 5.91. The number of hydrogen-bond donors (Lipinski definition) is 2. The number of ether oxygens (including phenoxy) is 1. The molecule has 0 aromatic carbocycles. The number of rotatable bonds is 1. The summed E-state index contributed by atoms with van der Waals surface area (Å²) in [5.74, 6) is -1.28. The van der Waals surface area contributed by atoms with Crippen molar-refractivity contribution in [2.24, 2.45) is 56.2 Å². The van der Waals surface area contributed by atoms with Crippen molar-refractivity contribution in [2.45, 2.75) is 112 Å². The number of hydrogen-bond acceptors (Lipinski definition) is 4. The van der Waals surface area contributed by atoms with Crippen molar-refractivity contribution >= 4 is 11.8 Å². The van der Waals surface area contributed by atoms with Crippen LogP contribution in [0.25, 0.3) is 0 Å². The number of Topliss-reactive ketones (excluding diaryl/α,β-unsaturated/α-hetero) is 1. The van der Waals surface area contributed by atoms with Gasteiger partial charge in [0, 0.05) is 17.8 Å². The minimum Gasteiger partial charge on any atom is -0.481 e. The number of carbonyl (C=O) groups excluding carboxylic acids is 1. The van der Waals surface area contributed by atoms with Crippen LogP contribution in [-0.4, -0.2) is 34.4 Å². The largest absolute Gasteiger partial charge is 0.481 e. The third-order valence-corrected chi connectivity index (χ3v) is 14.5. The average Bonchev–Trinajstić information content (AvgIpc) is 2.97. The molecule has 196 valence electrons. The monoisotopic (exact) mass is 486 g/mol. The van der Waals surface area contributed by atoms with Crippen LogP contribution in [0.5, 0.6) is 0 Å². The van der Waals surface area contributed by atoms with E-state index < -0.39 is 17.2 Å². The maximum Gasteiger partial charge on any atom is 0.309 e. The van der Waals surface area contributed by atoms with Crippen LogP contribution >= 0.6 is 0 Å². The molecule has 0 amide bonds. The topological polar surface area (TPSA) is 83.8 Å². The number of fused-ring (bicyclic) bond motifs is 7. The van der Waals surface area contributed by atoms with E-state index in [9.17, 15) is 19.8 Å². The lowest BCUT2D eigenvalue weighted by atomic mass is 9.30. The van der Waals surface area contributed by atoms with Crippen LogP contribution in [-0.2, 0) is 14.3 Å².